The lowest BCUT2D eigenvalue weighted by molar-refractivity contribution is -0.148. The van der Waals surface area contributed by atoms with Gasteiger partial charge in [-0.1, -0.05) is 34.8 Å². The van der Waals surface area contributed by atoms with Crippen molar-refractivity contribution in [3.05, 3.63) is 45.9 Å². The molecule has 0 fully saturated rings. The molecule has 37 heavy (non-hydrogen) atoms. The highest BCUT2D eigenvalue weighted by molar-refractivity contribution is 6.63. The van der Waals surface area contributed by atoms with Gasteiger partial charge in [0.1, 0.15) is 22.8 Å². The van der Waals surface area contributed by atoms with Gasteiger partial charge in [0, 0.05) is 31.3 Å². The van der Waals surface area contributed by atoms with Crippen LogP contribution in [0.5, 0.6) is 5.75 Å². The third kappa shape index (κ3) is 4.66. The molecular weight excluding hydrogens is 549 g/mol. The van der Waals surface area contributed by atoms with Crippen LogP contribution in [0.3, 0.4) is 0 Å². The third-order valence-corrected chi connectivity index (χ3v) is 7.06. The number of nitrogens with two attached hydrogens (primary N) is 1. The number of nitrogens with zero attached hydrogens (tertiary/aromatic N) is 2. The molecule has 10 nitrogen and oxygen atoms in total. The van der Waals surface area contributed by atoms with Gasteiger partial charge in [0.05, 0.1) is 11.6 Å². The second kappa shape index (κ2) is 10.3. The van der Waals surface area contributed by atoms with Crippen molar-refractivity contribution in [2.24, 2.45) is 17.6 Å². The van der Waals surface area contributed by atoms with Crippen LogP contribution in [0.25, 0.3) is 0 Å². The molecular formula is C24H28Cl3N3O7. The number of rotatable bonds is 3. The molecule has 0 saturated carbocycles. The van der Waals surface area contributed by atoms with Gasteiger partial charge in [0.2, 0.25) is 5.78 Å². The van der Waals surface area contributed by atoms with Crippen LogP contribution >= 0.6 is 34.8 Å². The van der Waals surface area contributed by atoms with Crippen molar-refractivity contribution in [2.45, 2.75) is 28.8 Å². The lowest BCUT2D eigenvalue weighted by Gasteiger charge is -2.50. The number of anilines is 1. The predicted octanol–water partition coefficient (Wildman–Crippen LogP) is 2.17. The van der Waals surface area contributed by atoms with E-state index in [1.165, 1.54) is 11.0 Å². The average molecular weight is 577 g/mol. The molecule has 13 heteroatoms. The Morgan fingerprint density at radius 3 is 2.16 bits per heavy atom. The van der Waals surface area contributed by atoms with Crippen molar-refractivity contribution in [1.29, 1.82) is 0 Å². The molecule has 0 spiro atoms. The number of Topliss-reactive ketones (excluding diaryl/α,β-unsaturated/α-hetero) is 2. The number of carbonyl (C=O) groups is 3. The minimum absolute atomic E-state index is 0.00184. The molecule has 0 heterocycles. The highest BCUT2D eigenvalue weighted by atomic mass is 35.6. The number of aliphatic hydroxyl groups is 3. The van der Waals surface area contributed by atoms with E-state index in [2.05, 4.69) is 0 Å². The van der Waals surface area contributed by atoms with E-state index in [1.807, 2.05) is 0 Å². The van der Waals surface area contributed by atoms with Crippen molar-refractivity contribution in [3.8, 4) is 5.75 Å². The molecule has 0 saturated heterocycles. The van der Waals surface area contributed by atoms with Crippen molar-refractivity contribution in [3.63, 3.8) is 0 Å². The Kier molecular flexibility index (Phi) is 8.12. The molecule has 4 rings (SSSR count). The van der Waals surface area contributed by atoms with E-state index in [9.17, 15) is 34.8 Å². The summed E-state index contributed by atoms with van der Waals surface area (Å²) in [6, 6.07) is 2.06. The zero-order valence-corrected chi connectivity index (χ0v) is 22.8. The second-order valence-electron chi connectivity index (χ2n) is 9.56. The first-order chi connectivity index (χ1) is 17.1. The zero-order valence-electron chi connectivity index (χ0n) is 20.5. The monoisotopic (exact) mass is 575 g/mol. The summed E-state index contributed by atoms with van der Waals surface area (Å²) in [6.45, 7) is 0. The number of fused-ring (bicyclic) bond motifs is 3. The van der Waals surface area contributed by atoms with Gasteiger partial charge in [-0.3, -0.25) is 19.3 Å². The first-order valence-electron chi connectivity index (χ1n) is 11.2. The maximum atomic E-state index is 13.5. The number of carbonyl (C=O) groups excluding carboxylic acids is 3. The number of hydrogen-bond donors (Lipinski definition) is 5. The molecule has 3 aliphatic carbocycles. The third-order valence-electron chi connectivity index (χ3n) is 7.06. The summed E-state index contributed by atoms with van der Waals surface area (Å²) in [5.74, 6) is -6.53. The number of halogens is 3. The maximum Gasteiger partial charge on any atom is 0.255 e. The summed E-state index contributed by atoms with van der Waals surface area (Å²) < 4.78 is -0.750. The van der Waals surface area contributed by atoms with E-state index < -0.39 is 62.3 Å². The molecule has 0 bridgehead atoms. The first-order valence-corrected chi connectivity index (χ1v) is 12.5. The fourth-order valence-corrected chi connectivity index (χ4v) is 5.65. The van der Waals surface area contributed by atoms with Gasteiger partial charge >= 0.3 is 0 Å². The van der Waals surface area contributed by atoms with Gasteiger partial charge in [0.25, 0.3) is 5.91 Å². The fraction of sp³-hybridized carbons (Fsp3) is 0.458. The molecule has 0 radical (unpaired) electrons. The van der Waals surface area contributed by atoms with E-state index in [0.29, 0.717) is 5.56 Å². The summed E-state index contributed by atoms with van der Waals surface area (Å²) in [6.07, 6.45) is 0.324. The molecule has 6 N–H and O–H groups in total. The van der Waals surface area contributed by atoms with E-state index in [1.54, 1.807) is 39.2 Å². The summed E-state index contributed by atoms with van der Waals surface area (Å²) >= 11 is 14.4. The molecule has 1 aromatic carbocycles. The Morgan fingerprint density at radius 2 is 1.68 bits per heavy atom. The number of hydrogen-bond acceptors (Lipinski definition) is 9. The number of alkyl halides is 3. The lowest BCUT2D eigenvalue weighted by atomic mass is 9.58. The molecule has 0 aliphatic heterocycles. The molecule has 4 atom stereocenters. The van der Waals surface area contributed by atoms with Gasteiger partial charge in [-0.25, -0.2) is 0 Å². The van der Waals surface area contributed by atoms with Crippen LogP contribution in [-0.4, -0.2) is 86.9 Å². The van der Waals surface area contributed by atoms with Crippen molar-refractivity contribution in [2.75, 3.05) is 33.1 Å². The van der Waals surface area contributed by atoms with Gasteiger partial charge in [0.15, 0.2) is 15.7 Å². The van der Waals surface area contributed by atoms with Crippen LogP contribution in [0.15, 0.2) is 34.8 Å². The van der Waals surface area contributed by atoms with E-state index in [-0.39, 0.29) is 29.7 Å². The largest absolute Gasteiger partial charge is 0.510 e. The van der Waals surface area contributed by atoms with Crippen LogP contribution in [0.4, 0.5) is 5.69 Å². The number of allylic oxidation sites excluding steroid dienone is 1. The van der Waals surface area contributed by atoms with Crippen LogP contribution in [0.1, 0.15) is 22.3 Å². The Balaban J connectivity index is 0.000000886. The normalized spacial score (nSPS) is 26.9. The SMILES string of the molecule is CN(C)c1ccc(O)c2c1C[C@H]1C[C@H]3[C@H](N(C)C)C(O)=C(C(N)=O)C(=O)[C@@]3(O)C(O)=C1C2=O.ClC(Cl)Cl. The van der Waals surface area contributed by atoms with E-state index in [0.717, 1.165) is 5.69 Å². The Bertz CT molecular complexity index is 1230. The quantitative estimate of drug-likeness (QED) is 0.268. The standard InChI is InChI=1S/C23H27N3O7.CHCl3/c1-25(2)12-5-6-13(27)15-10(12)7-9-8-11-17(26(3)4)19(29)16(22(24)32)21(31)23(11,33)20(30)14(9)18(15)28;2-1(3)4/h5-6,9,11,17,27,29-30,33H,7-8H2,1-4H3,(H2,24,32);1H/t9-,11-,17-,23-;/m0./s1. The fourth-order valence-electron chi connectivity index (χ4n) is 5.65. The summed E-state index contributed by atoms with van der Waals surface area (Å²) in [5, 5.41) is 43.9. The predicted molar refractivity (Wildman–Crippen MR) is 139 cm³/mol. The Morgan fingerprint density at radius 1 is 1.11 bits per heavy atom. The number of likely N-dealkylation sites (N-methyl/N-ethyl adjacent to an activating group) is 1. The maximum absolute atomic E-state index is 13.5. The van der Waals surface area contributed by atoms with Gasteiger partial charge in [-0.15, -0.1) is 0 Å². The summed E-state index contributed by atoms with van der Waals surface area (Å²) in [7, 11) is 6.79. The summed E-state index contributed by atoms with van der Waals surface area (Å²) in [4.78, 5) is 42.0. The van der Waals surface area contributed by atoms with E-state index in [4.69, 9.17) is 40.5 Å². The minimum atomic E-state index is -2.63. The molecule has 0 aromatic heterocycles. The van der Waals surface area contributed by atoms with Crippen LogP contribution in [0, 0.1) is 11.8 Å². The highest BCUT2D eigenvalue weighted by Gasteiger charge is 2.63. The number of phenolic OH excluding ortho intramolecular Hbond substituents is 1. The van der Waals surface area contributed by atoms with Crippen LogP contribution in [-0.2, 0) is 16.0 Å². The number of aliphatic hydroxyl groups excluding tert-OH is 2. The molecule has 202 valence electrons. The zero-order chi connectivity index (χ0) is 28.1. The average Bonchev–Trinajstić information content (AvgIpc) is 2.75. The number of benzene rings is 1. The highest BCUT2D eigenvalue weighted by Crippen LogP contribution is 2.52. The number of phenols is 1. The Hall–Kier alpha value is -2.50. The molecule has 1 aromatic rings. The van der Waals surface area contributed by atoms with Gasteiger partial charge in [-0.2, -0.15) is 0 Å². The Labute approximate surface area is 228 Å². The number of ketones is 2. The number of aromatic hydroxyl groups is 1. The minimum Gasteiger partial charge on any atom is -0.510 e. The lowest BCUT2D eigenvalue weighted by Crippen LogP contribution is -2.63. The van der Waals surface area contributed by atoms with Crippen molar-refractivity contribution >= 4 is 58.0 Å². The number of amides is 1. The van der Waals surface area contributed by atoms with Crippen molar-refractivity contribution in [1.82, 2.24) is 4.90 Å². The van der Waals surface area contributed by atoms with Crippen LogP contribution < -0.4 is 10.6 Å². The van der Waals surface area contributed by atoms with Crippen molar-refractivity contribution < 1.29 is 34.8 Å². The number of primary amides is 1. The smallest absolute Gasteiger partial charge is 0.255 e. The molecule has 0 unspecified atom stereocenters. The first kappa shape index (κ1) is 29.1. The topological polar surface area (TPSA) is 165 Å². The molecule has 3 aliphatic rings. The van der Waals surface area contributed by atoms with Gasteiger partial charge < -0.3 is 31.1 Å². The van der Waals surface area contributed by atoms with Gasteiger partial charge in [-0.05, 0) is 50.6 Å². The van der Waals surface area contributed by atoms with E-state index >= 15 is 0 Å². The summed E-state index contributed by atoms with van der Waals surface area (Å²) in [5.41, 5.74) is 3.02. The molecule has 1 amide bonds. The van der Waals surface area contributed by atoms with Crippen LogP contribution in [0.2, 0.25) is 0 Å². The second-order valence-corrected chi connectivity index (χ2v) is 11.5.